The molecule has 0 aliphatic heterocycles. The van der Waals surface area contributed by atoms with Crippen molar-refractivity contribution in [2.24, 2.45) is 0 Å². The summed E-state index contributed by atoms with van der Waals surface area (Å²) in [5, 5.41) is 8.90. The molecule has 1 rings (SSSR count). The number of allylic oxidation sites excluding steroid dienone is 1. The van der Waals surface area contributed by atoms with Crippen molar-refractivity contribution >= 4 is 11.5 Å². The molecule has 0 saturated heterocycles. The standard InChI is InChI=1S/C12H14O2/c1-7(2)10-5-6-11(12(13)14)9(4)8(10)3/h5-6H,1H2,2-4H3,(H,13,14). The molecule has 0 saturated carbocycles. The highest BCUT2D eigenvalue weighted by molar-refractivity contribution is 5.90. The number of aromatic carboxylic acids is 1. The number of hydrogen-bond acceptors (Lipinski definition) is 1. The Kier molecular flexibility index (Phi) is 2.75. The molecule has 14 heavy (non-hydrogen) atoms. The molecule has 2 heteroatoms. The molecular formula is C12H14O2. The first-order chi connectivity index (χ1) is 6.45. The Balaban J connectivity index is 3.41. The van der Waals surface area contributed by atoms with Gasteiger partial charge in [0.1, 0.15) is 0 Å². The summed E-state index contributed by atoms with van der Waals surface area (Å²) >= 11 is 0. The normalized spacial score (nSPS) is 9.93. The van der Waals surface area contributed by atoms with Gasteiger partial charge >= 0.3 is 5.97 Å². The van der Waals surface area contributed by atoms with E-state index in [4.69, 9.17) is 5.11 Å². The second-order valence-electron chi connectivity index (χ2n) is 3.50. The molecule has 0 unspecified atom stereocenters. The van der Waals surface area contributed by atoms with E-state index in [1.807, 2.05) is 26.8 Å². The van der Waals surface area contributed by atoms with Crippen LogP contribution >= 0.6 is 0 Å². The molecular weight excluding hydrogens is 176 g/mol. The first-order valence-corrected chi connectivity index (χ1v) is 4.44. The van der Waals surface area contributed by atoms with Crippen molar-refractivity contribution in [2.45, 2.75) is 20.8 Å². The Morgan fingerprint density at radius 2 is 1.64 bits per heavy atom. The molecule has 0 bridgehead atoms. The third kappa shape index (κ3) is 1.69. The smallest absolute Gasteiger partial charge is 0.335 e. The van der Waals surface area contributed by atoms with Gasteiger partial charge in [0.05, 0.1) is 5.56 Å². The summed E-state index contributed by atoms with van der Waals surface area (Å²) in [5.74, 6) is -0.876. The zero-order chi connectivity index (χ0) is 10.9. The van der Waals surface area contributed by atoms with Gasteiger partial charge in [-0.3, -0.25) is 0 Å². The van der Waals surface area contributed by atoms with Crippen molar-refractivity contribution < 1.29 is 9.90 Å². The highest BCUT2D eigenvalue weighted by Gasteiger charge is 2.11. The quantitative estimate of drug-likeness (QED) is 0.778. The van der Waals surface area contributed by atoms with Crippen LogP contribution in [0.5, 0.6) is 0 Å². The van der Waals surface area contributed by atoms with Crippen LogP contribution in [0.25, 0.3) is 5.57 Å². The Labute approximate surface area is 83.9 Å². The number of rotatable bonds is 2. The van der Waals surface area contributed by atoms with Crippen LogP contribution in [-0.2, 0) is 0 Å². The Bertz CT molecular complexity index is 364. The minimum absolute atomic E-state index is 0.368. The van der Waals surface area contributed by atoms with Gasteiger partial charge in [0.25, 0.3) is 0 Å². The van der Waals surface area contributed by atoms with E-state index in [-0.39, 0.29) is 0 Å². The zero-order valence-electron chi connectivity index (χ0n) is 8.72. The second-order valence-corrected chi connectivity index (χ2v) is 3.50. The van der Waals surface area contributed by atoms with Crippen molar-refractivity contribution in [1.29, 1.82) is 0 Å². The van der Waals surface area contributed by atoms with Crippen LogP contribution in [0.2, 0.25) is 0 Å². The van der Waals surface area contributed by atoms with Gasteiger partial charge in [-0.25, -0.2) is 4.79 Å². The van der Waals surface area contributed by atoms with Gasteiger partial charge in [-0.15, -0.1) is 0 Å². The third-order valence-corrected chi connectivity index (χ3v) is 2.48. The van der Waals surface area contributed by atoms with Gasteiger partial charge < -0.3 is 5.11 Å². The van der Waals surface area contributed by atoms with Crippen molar-refractivity contribution in [3.8, 4) is 0 Å². The molecule has 0 atom stereocenters. The van der Waals surface area contributed by atoms with Crippen LogP contribution in [-0.4, -0.2) is 11.1 Å². The van der Waals surface area contributed by atoms with Crippen LogP contribution in [0.1, 0.15) is 34.0 Å². The summed E-state index contributed by atoms with van der Waals surface area (Å²) in [6, 6.07) is 3.45. The lowest BCUT2D eigenvalue weighted by molar-refractivity contribution is 0.0696. The second kappa shape index (κ2) is 3.66. The number of benzene rings is 1. The van der Waals surface area contributed by atoms with Crippen LogP contribution in [0.3, 0.4) is 0 Å². The Morgan fingerprint density at radius 3 is 2.07 bits per heavy atom. The average molecular weight is 190 g/mol. The minimum Gasteiger partial charge on any atom is -0.478 e. The number of hydrogen-bond donors (Lipinski definition) is 1. The lowest BCUT2D eigenvalue weighted by Crippen LogP contribution is -2.02. The van der Waals surface area contributed by atoms with Crippen molar-refractivity contribution in [3.63, 3.8) is 0 Å². The molecule has 0 heterocycles. The summed E-state index contributed by atoms with van der Waals surface area (Å²) in [4.78, 5) is 10.8. The predicted molar refractivity (Wildman–Crippen MR) is 57.6 cm³/mol. The molecule has 1 N–H and O–H groups in total. The van der Waals surface area contributed by atoms with E-state index in [1.165, 1.54) is 0 Å². The maximum atomic E-state index is 10.8. The van der Waals surface area contributed by atoms with E-state index in [2.05, 4.69) is 6.58 Å². The van der Waals surface area contributed by atoms with Gasteiger partial charge in [0.15, 0.2) is 0 Å². The molecule has 74 valence electrons. The van der Waals surface area contributed by atoms with E-state index in [0.717, 1.165) is 22.3 Å². The average Bonchev–Trinajstić information content (AvgIpc) is 2.08. The summed E-state index contributed by atoms with van der Waals surface area (Å²) in [6.07, 6.45) is 0. The Hall–Kier alpha value is -1.57. The van der Waals surface area contributed by atoms with Crippen LogP contribution < -0.4 is 0 Å². The fraction of sp³-hybridized carbons (Fsp3) is 0.250. The molecule has 0 amide bonds. The maximum Gasteiger partial charge on any atom is 0.335 e. The molecule has 1 aromatic rings. The van der Waals surface area contributed by atoms with Gasteiger partial charge in [-0.1, -0.05) is 18.2 Å². The van der Waals surface area contributed by atoms with Gasteiger partial charge in [-0.05, 0) is 43.5 Å². The maximum absolute atomic E-state index is 10.8. The van der Waals surface area contributed by atoms with Gasteiger partial charge in [0.2, 0.25) is 0 Å². The summed E-state index contributed by atoms with van der Waals surface area (Å²) in [5.41, 5.74) is 4.18. The van der Waals surface area contributed by atoms with E-state index in [1.54, 1.807) is 6.07 Å². The minimum atomic E-state index is -0.876. The van der Waals surface area contributed by atoms with Crippen LogP contribution in [0.4, 0.5) is 0 Å². The highest BCUT2D eigenvalue weighted by Crippen LogP contribution is 2.22. The van der Waals surface area contributed by atoms with Crippen molar-refractivity contribution in [3.05, 3.63) is 41.0 Å². The highest BCUT2D eigenvalue weighted by atomic mass is 16.4. The fourth-order valence-electron chi connectivity index (χ4n) is 1.51. The number of carbonyl (C=O) groups is 1. The van der Waals surface area contributed by atoms with E-state index in [0.29, 0.717) is 5.56 Å². The lowest BCUT2D eigenvalue weighted by Gasteiger charge is -2.10. The SMILES string of the molecule is C=C(C)c1ccc(C(=O)O)c(C)c1C. The molecule has 0 spiro atoms. The van der Waals surface area contributed by atoms with Crippen LogP contribution in [0.15, 0.2) is 18.7 Å². The predicted octanol–water partition coefficient (Wildman–Crippen LogP) is 3.03. The molecule has 0 aliphatic rings. The number of carboxylic acid groups (broad SMARTS) is 1. The topological polar surface area (TPSA) is 37.3 Å². The van der Waals surface area contributed by atoms with Crippen molar-refractivity contribution in [1.82, 2.24) is 0 Å². The summed E-state index contributed by atoms with van der Waals surface area (Å²) < 4.78 is 0. The van der Waals surface area contributed by atoms with E-state index >= 15 is 0 Å². The molecule has 0 aliphatic carbocycles. The first kappa shape index (κ1) is 10.5. The number of carboxylic acids is 1. The van der Waals surface area contributed by atoms with Crippen LogP contribution in [0, 0.1) is 13.8 Å². The van der Waals surface area contributed by atoms with Gasteiger partial charge in [-0.2, -0.15) is 0 Å². The summed E-state index contributed by atoms with van der Waals surface area (Å²) in [6.45, 7) is 9.52. The molecule has 0 fully saturated rings. The first-order valence-electron chi connectivity index (χ1n) is 4.44. The van der Waals surface area contributed by atoms with E-state index in [9.17, 15) is 4.79 Å². The Morgan fingerprint density at radius 1 is 1.21 bits per heavy atom. The lowest BCUT2D eigenvalue weighted by atomic mass is 9.95. The molecule has 0 radical (unpaired) electrons. The monoisotopic (exact) mass is 190 g/mol. The zero-order valence-corrected chi connectivity index (χ0v) is 8.72. The molecule has 2 nitrogen and oxygen atoms in total. The fourth-order valence-corrected chi connectivity index (χ4v) is 1.51. The third-order valence-electron chi connectivity index (χ3n) is 2.48. The molecule has 0 aromatic heterocycles. The van der Waals surface area contributed by atoms with E-state index < -0.39 is 5.97 Å². The van der Waals surface area contributed by atoms with Gasteiger partial charge in [0, 0.05) is 0 Å². The molecule has 1 aromatic carbocycles. The largest absolute Gasteiger partial charge is 0.478 e. The van der Waals surface area contributed by atoms with Crippen molar-refractivity contribution in [2.75, 3.05) is 0 Å². The summed E-state index contributed by atoms with van der Waals surface area (Å²) in [7, 11) is 0.